The van der Waals surface area contributed by atoms with Crippen LogP contribution in [0.25, 0.3) is 0 Å². The lowest BCUT2D eigenvalue weighted by molar-refractivity contribution is -0.128. The van der Waals surface area contributed by atoms with Crippen molar-refractivity contribution in [2.24, 2.45) is 16.2 Å². The van der Waals surface area contributed by atoms with Gasteiger partial charge in [-0.05, 0) is 17.3 Å². The molecule has 1 atom stereocenters. The van der Waals surface area contributed by atoms with E-state index in [1.807, 2.05) is 6.92 Å². The summed E-state index contributed by atoms with van der Waals surface area (Å²) in [6.07, 6.45) is 2.45. The lowest BCUT2D eigenvalue weighted by Gasteiger charge is -2.45. The van der Waals surface area contributed by atoms with E-state index in [1.165, 1.54) is 6.26 Å². The van der Waals surface area contributed by atoms with E-state index in [4.69, 9.17) is 0 Å². The number of carbonyl (C=O) groups excluding carboxylic acids is 1. The Hall–Kier alpha value is -0.315. The van der Waals surface area contributed by atoms with Crippen molar-refractivity contribution in [1.29, 1.82) is 0 Å². The van der Waals surface area contributed by atoms with Crippen LogP contribution in [-0.2, 0) is 14.6 Å². The molecule has 0 saturated heterocycles. The molecule has 20 heavy (non-hydrogen) atoms. The van der Waals surface area contributed by atoms with Crippen LogP contribution in [0.2, 0.25) is 6.32 Å². The van der Waals surface area contributed by atoms with E-state index in [0.29, 0.717) is 13.6 Å². The zero-order valence-electron chi connectivity index (χ0n) is 14.5. The fourth-order valence-electron chi connectivity index (χ4n) is 2.61. The molecule has 0 saturated carbocycles. The Bertz CT molecular complexity index is 441. The van der Waals surface area contributed by atoms with Crippen molar-refractivity contribution in [2.45, 2.75) is 61.2 Å². The van der Waals surface area contributed by atoms with Crippen molar-refractivity contribution < 1.29 is 13.2 Å². The third-order valence-corrected chi connectivity index (χ3v) is 5.10. The molecule has 0 aromatic rings. The summed E-state index contributed by atoms with van der Waals surface area (Å²) in [7, 11) is -2.64. The minimum absolute atomic E-state index is 0.0640. The SMILES string of the molecule is CC(C)(C)CC(C)(C(=O)BCCS(C)(=O)=O)C(C)(C)C. The number of hydrogen-bond acceptors (Lipinski definition) is 3. The molecule has 0 radical (unpaired) electrons. The van der Waals surface area contributed by atoms with Gasteiger partial charge in [0.1, 0.15) is 9.84 Å². The molecule has 0 aliphatic rings. The molecule has 118 valence electrons. The predicted octanol–water partition coefficient (Wildman–Crippen LogP) is 2.90. The summed E-state index contributed by atoms with van der Waals surface area (Å²) in [5, 5.41) is 0. The van der Waals surface area contributed by atoms with E-state index in [9.17, 15) is 13.2 Å². The van der Waals surface area contributed by atoms with E-state index in [1.54, 1.807) is 0 Å². The lowest BCUT2D eigenvalue weighted by Crippen LogP contribution is -2.45. The highest BCUT2D eigenvalue weighted by Gasteiger charge is 2.45. The Morgan fingerprint density at radius 1 is 1.00 bits per heavy atom. The van der Waals surface area contributed by atoms with Gasteiger partial charge in [0.05, 0.1) is 5.68 Å². The highest BCUT2D eigenvalue weighted by molar-refractivity contribution is 7.90. The summed E-state index contributed by atoms with van der Waals surface area (Å²) in [5.74, 6) is 0.0917. The smallest absolute Gasteiger partial charge is 0.207 e. The second-order valence-corrected chi connectivity index (χ2v) is 10.7. The van der Waals surface area contributed by atoms with Gasteiger partial charge in [-0.25, -0.2) is 8.42 Å². The molecule has 0 aromatic heterocycles. The summed E-state index contributed by atoms with van der Waals surface area (Å²) in [6, 6.07) is 0. The van der Waals surface area contributed by atoms with E-state index < -0.39 is 15.3 Å². The number of carbonyl (C=O) groups is 1. The van der Waals surface area contributed by atoms with Crippen molar-refractivity contribution in [3.63, 3.8) is 0 Å². The Morgan fingerprint density at radius 2 is 1.45 bits per heavy atom. The number of hydrogen-bond donors (Lipinski definition) is 0. The maximum absolute atomic E-state index is 12.7. The van der Waals surface area contributed by atoms with Crippen molar-refractivity contribution in [3.8, 4) is 0 Å². The molecule has 0 aromatic carbocycles. The van der Waals surface area contributed by atoms with E-state index in [2.05, 4.69) is 41.5 Å². The molecule has 0 aliphatic heterocycles. The summed E-state index contributed by atoms with van der Waals surface area (Å²) < 4.78 is 22.4. The molecule has 3 nitrogen and oxygen atoms in total. The first-order valence-electron chi connectivity index (χ1n) is 7.30. The monoisotopic (exact) mass is 302 g/mol. The largest absolute Gasteiger partial charge is 0.311 e. The number of rotatable bonds is 6. The molecule has 0 amide bonds. The molecular weight excluding hydrogens is 271 g/mol. The van der Waals surface area contributed by atoms with Crippen molar-refractivity contribution in [3.05, 3.63) is 0 Å². The van der Waals surface area contributed by atoms with Crippen LogP contribution < -0.4 is 0 Å². The highest BCUT2D eigenvalue weighted by atomic mass is 32.2. The average Bonchev–Trinajstić information content (AvgIpc) is 2.10. The van der Waals surface area contributed by atoms with Gasteiger partial charge in [-0.1, -0.05) is 54.8 Å². The molecular formula is C15H31BO3S. The Labute approximate surface area is 126 Å². The molecule has 0 heterocycles. The molecule has 0 N–H and O–H groups in total. The van der Waals surface area contributed by atoms with Gasteiger partial charge in [0.2, 0.25) is 7.28 Å². The third-order valence-electron chi connectivity index (χ3n) is 4.07. The molecule has 5 heteroatoms. The molecule has 0 bridgehead atoms. The van der Waals surface area contributed by atoms with E-state index in [-0.39, 0.29) is 22.3 Å². The second-order valence-electron chi connectivity index (χ2n) is 8.48. The summed E-state index contributed by atoms with van der Waals surface area (Å²) >= 11 is 0. The molecule has 0 spiro atoms. The van der Waals surface area contributed by atoms with Crippen molar-refractivity contribution in [1.82, 2.24) is 0 Å². The fraction of sp³-hybridized carbons (Fsp3) is 0.933. The zero-order chi connectivity index (χ0) is 16.4. The first kappa shape index (κ1) is 19.7. The van der Waals surface area contributed by atoms with Gasteiger partial charge in [-0.2, -0.15) is 0 Å². The highest BCUT2D eigenvalue weighted by Crippen LogP contribution is 2.47. The fourth-order valence-corrected chi connectivity index (χ4v) is 3.28. The maximum Gasteiger partial charge on any atom is 0.207 e. The zero-order valence-corrected chi connectivity index (χ0v) is 15.3. The first-order chi connectivity index (χ1) is 8.58. The second kappa shape index (κ2) is 6.21. The van der Waals surface area contributed by atoms with Crippen molar-refractivity contribution in [2.75, 3.05) is 12.0 Å². The first-order valence-corrected chi connectivity index (χ1v) is 9.36. The minimum Gasteiger partial charge on any atom is -0.311 e. The van der Waals surface area contributed by atoms with Crippen LogP contribution in [0, 0.1) is 16.2 Å². The van der Waals surface area contributed by atoms with Gasteiger partial charge in [-0.3, -0.25) is 0 Å². The van der Waals surface area contributed by atoms with Crippen LogP contribution in [0.15, 0.2) is 0 Å². The summed E-state index contributed by atoms with van der Waals surface area (Å²) in [6.45, 7) is 14.7. The molecule has 0 fully saturated rings. The summed E-state index contributed by atoms with van der Waals surface area (Å²) in [5.41, 5.74) is -0.316. The quantitative estimate of drug-likeness (QED) is 0.709. The van der Waals surface area contributed by atoms with E-state index in [0.717, 1.165) is 6.42 Å². The van der Waals surface area contributed by atoms with Crippen LogP contribution >= 0.6 is 0 Å². The van der Waals surface area contributed by atoms with Gasteiger partial charge in [-0.15, -0.1) is 0 Å². The van der Waals surface area contributed by atoms with Crippen LogP contribution in [0.3, 0.4) is 0 Å². The maximum atomic E-state index is 12.7. The predicted molar refractivity (Wildman–Crippen MR) is 88.3 cm³/mol. The Morgan fingerprint density at radius 3 is 1.75 bits per heavy atom. The minimum atomic E-state index is -2.99. The lowest BCUT2D eigenvalue weighted by atomic mass is 9.50. The Kier molecular flexibility index (Phi) is 6.11. The topological polar surface area (TPSA) is 51.2 Å². The normalized spacial score (nSPS) is 16.6. The summed E-state index contributed by atoms with van der Waals surface area (Å²) in [4.78, 5) is 12.7. The van der Waals surface area contributed by atoms with Crippen LogP contribution in [0.1, 0.15) is 54.9 Å². The molecule has 0 aliphatic carbocycles. The average molecular weight is 302 g/mol. The van der Waals surface area contributed by atoms with Gasteiger partial charge in [0.15, 0.2) is 0 Å². The van der Waals surface area contributed by atoms with Crippen LogP contribution in [-0.4, -0.2) is 33.4 Å². The van der Waals surface area contributed by atoms with Crippen LogP contribution in [0.4, 0.5) is 0 Å². The van der Waals surface area contributed by atoms with Gasteiger partial charge >= 0.3 is 0 Å². The third kappa shape index (κ3) is 6.42. The molecule has 1 unspecified atom stereocenters. The van der Waals surface area contributed by atoms with Crippen molar-refractivity contribution >= 4 is 22.8 Å². The Balaban J connectivity index is 5.02. The number of sulfone groups is 1. The van der Waals surface area contributed by atoms with Crippen LogP contribution in [0.5, 0.6) is 0 Å². The van der Waals surface area contributed by atoms with E-state index >= 15 is 0 Å². The van der Waals surface area contributed by atoms with Gasteiger partial charge in [0, 0.05) is 17.4 Å². The van der Waals surface area contributed by atoms with Gasteiger partial charge in [0.25, 0.3) is 0 Å². The standard InChI is InChI=1S/C15H31BO3S/c1-13(2,3)11-15(7,14(4,5)6)12(17)16-9-10-20(8,18)19/h16H,9-11H2,1-8H3. The van der Waals surface area contributed by atoms with Gasteiger partial charge < -0.3 is 4.79 Å². The molecule has 0 rings (SSSR count).